The van der Waals surface area contributed by atoms with Crippen molar-refractivity contribution in [2.75, 3.05) is 13.1 Å². The average molecular weight is 292 g/mol. The number of likely N-dealkylation sites (tertiary alicyclic amines) is 1. The Hall–Kier alpha value is -1.23. The van der Waals surface area contributed by atoms with Crippen LogP contribution in [0.4, 0.5) is 13.2 Å². The maximum atomic E-state index is 12.9. The lowest BCUT2D eigenvalue weighted by atomic mass is 9.99. The van der Waals surface area contributed by atoms with Gasteiger partial charge in [0.05, 0.1) is 10.9 Å². The number of rotatable bonds is 4. The minimum atomic E-state index is -2.36. The standard InChI is InChI=1S/C13H13ClF3NO/c14-10-5-8(1-3-11(10)15)2-4-12(19)18-6-9(7-18)13(16)17/h1,3,5,9,13H,2,4,6-7H2. The minimum Gasteiger partial charge on any atom is -0.342 e. The summed E-state index contributed by atoms with van der Waals surface area (Å²) in [5.41, 5.74) is 0.755. The molecule has 1 fully saturated rings. The molecule has 0 spiro atoms. The molecule has 104 valence electrons. The minimum absolute atomic E-state index is 0.0201. The number of aryl methyl sites for hydroxylation is 1. The maximum Gasteiger partial charge on any atom is 0.244 e. The lowest BCUT2D eigenvalue weighted by Gasteiger charge is -2.38. The van der Waals surface area contributed by atoms with Gasteiger partial charge < -0.3 is 4.90 Å². The van der Waals surface area contributed by atoms with Gasteiger partial charge in [-0.2, -0.15) is 0 Å². The van der Waals surface area contributed by atoms with Gasteiger partial charge in [0, 0.05) is 19.5 Å². The fourth-order valence-electron chi connectivity index (χ4n) is 1.98. The van der Waals surface area contributed by atoms with Gasteiger partial charge in [0.25, 0.3) is 0 Å². The topological polar surface area (TPSA) is 20.3 Å². The van der Waals surface area contributed by atoms with E-state index in [0.29, 0.717) is 6.42 Å². The highest BCUT2D eigenvalue weighted by Gasteiger charge is 2.36. The van der Waals surface area contributed by atoms with E-state index in [1.807, 2.05) is 0 Å². The summed E-state index contributed by atoms with van der Waals surface area (Å²) >= 11 is 5.63. The second kappa shape index (κ2) is 5.82. The first-order valence-corrected chi connectivity index (χ1v) is 6.35. The molecule has 0 aromatic heterocycles. The third-order valence-corrected chi connectivity index (χ3v) is 3.52. The molecule has 1 saturated heterocycles. The van der Waals surface area contributed by atoms with E-state index in [1.54, 1.807) is 6.07 Å². The van der Waals surface area contributed by atoms with Gasteiger partial charge in [-0.15, -0.1) is 0 Å². The van der Waals surface area contributed by atoms with E-state index in [4.69, 9.17) is 11.6 Å². The maximum absolute atomic E-state index is 12.9. The van der Waals surface area contributed by atoms with Crippen molar-refractivity contribution >= 4 is 17.5 Å². The van der Waals surface area contributed by atoms with Gasteiger partial charge in [-0.3, -0.25) is 4.79 Å². The average Bonchev–Trinajstić information content (AvgIpc) is 2.28. The van der Waals surface area contributed by atoms with E-state index in [1.165, 1.54) is 17.0 Å². The van der Waals surface area contributed by atoms with Crippen molar-refractivity contribution in [1.29, 1.82) is 0 Å². The Balaban J connectivity index is 1.80. The van der Waals surface area contributed by atoms with Crippen molar-refractivity contribution in [3.05, 3.63) is 34.6 Å². The number of benzene rings is 1. The van der Waals surface area contributed by atoms with Gasteiger partial charge >= 0.3 is 0 Å². The van der Waals surface area contributed by atoms with Crippen LogP contribution >= 0.6 is 11.6 Å². The van der Waals surface area contributed by atoms with Gasteiger partial charge in [-0.1, -0.05) is 17.7 Å². The van der Waals surface area contributed by atoms with Crippen LogP contribution in [0.5, 0.6) is 0 Å². The highest BCUT2D eigenvalue weighted by atomic mass is 35.5. The Bertz CT molecular complexity index is 475. The quantitative estimate of drug-likeness (QED) is 0.834. The molecular formula is C13H13ClF3NO. The van der Waals surface area contributed by atoms with E-state index < -0.39 is 18.2 Å². The molecule has 19 heavy (non-hydrogen) atoms. The summed E-state index contributed by atoms with van der Waals surface area (Å²) in [6.45, 7) is 0.251. The summed E-state index contributed by atoms with van der Waals surface area (Å²) in [7, 11) is 0. The molecule has 1 aromatic carbocycles. The van der Waals surface area contributed by atoms with Gasteiger partial charge in [0.2, 0.25) is 12.3 Å². The first kappa shape index (κ1) is 14.2. The molecule has 0 unspecified atom stereocenters. The predicted molar refractivity (Wildman–Crippen MR) is 65.8 cm³/mol. The monoisotopic (exact) mass is 291 g/mol. The molecule has 1 heterocycles. The van der Waals surface area contributed by atoms with Crippen molar-refractivity contribution in [3.63, 3.8) is 0 Å². The fraction of sp³-hybridized carbons (Fsp3) is 0.462. The van der Waals surface area contributed by atoms with Crippen LogP contribution in [-0.2, 0) is 11.2 Å². The SMILES string of the molecule is O=C(CCc1ccc(F)c(Cl)c1)N1CC(C(F)F)C1. The van der Waals surface area contributed by atoms with Crippen LogP contribution in [0, 0.1) is 11.7 Å². The fourth-order valence-corrected chi connectivity index (χ4v) is 2.18. The van der Waals surface area contributed by atoms with E-state index in [2.05, 4.69) is 0 Å². The van der Waals surface area contributed by atoms with Crippen LogP contribution in [-0.4, -0.2) is 30.3 Å². The van der Waals surface area contributed by atoms with Crippen molar-refractivity contribution in [1.82, 2.24) is 4.90 Å². The van der Waals surface area contributed by atoms with Crippen molar-refractivity contribution < 1.29 is 18.0 Å². The smallest absolute Gasteiger partial charge is 0.244 e. The van der Waals surface area contributed by atoms with E-state index in [-0.39, 0.29) is 30.4 Å². The second-order valence-corrected chi connectivity index (χ2v) is 5.05. The van der Waals surface area contributed by atoms with Crippen LogP contribution < -0.4 is 0 Å². The molecule has 2 nitrogen and oxygen atoms in total. The largest absolute Gasteiger partial charge is 0.342 e. The molecule has 0 N–H and O–H groups in total. The van der Waals surface area contributed by atoms with E-state index >= 15 is 0 Å². The first-order valence-electron chi connectivity index (χ1n) is 5.97. The molecule has 0 saturated carbocycles. The molecule has 0 radical (unpaired) electrons. The van der Waals surface area contributed by atoms with Crippen molar-refractivity contribution in [2.24, 2.45) is 5.92 Å². The third-order valence-electron chi connectivity index (χ3n) is 3.23. The number of nitrogens with zero attached hydrogens (tertiary/aromatic N) is 1. The van der Waals surface area contributed by atoms with Gasteiger partial charge in [0.15, 0.2) is 0 Å². The third kappa shape index (κ3) is 3.41. The number of alkyl halides is 2. The molecule has 0 aliphatic carbocycles. The summed E-state index contributed by atoms with van der Waals surface area (Å²) < 4.78 is 37.5. The molecule has 1 aliphatic rings. The zero-order valence-corrected chi connectivity index (χ0v) is 10.8. The Morgan fingerprint density at radius 3 is 2.68 bits per heavy atom. The molecule has 0 bridgehead atoms. The van der Waals surface area contributed by atoms with Gasteiger partial charge in [0.1, 0.15) is 5.82 Å². The summed E-state index contributed by atoms with van der Waals surface area (Å²) in [4.78, 5) is 13.1. The Labute approximate surface area is 114 Å². The molecule has 1 aromatic rings. The number of hydrogen-bond acceptors (Lipinski definition) is 1. The van der Waals surface area contributed by atoms with Crippen LogP contribution in [0.25, 0.3) is 0 Å². The zero-order chi connectivity index (χ0) is 14.0. The van der Waals surface area contributed by atoms with E-state index in [9.17, 15) is 18.0 Å². The number of carbonyl (C=O) groups excluding carboxylic acids is 1. The molecule has 0 atom stereocenters. The van der Waals surface area contributed by atoms with Crippen molar-refractivity contribution in [3.8, 4) is 0 Å². The summed E-state index contributed by atoms with van der Waals surface area (Å²) in [5, 5.41) is 0.0201. The number of halogens is 4. The van der Waals surface area contributed by atoms with E-state index in [0.717, 1.165) is 5.56 Å². The van der Waals surface area contributed by atoms with Crippen LogP contribution in [0.1, 0.15) is 12.0 Å². The number of amides is 1. The van der Waals surface area contributed by atoms with Crippen LogP contribution in [0.3, 0.4) is 0 Å². The van der Waals surface area contributed by atoms with Crippen LogP contribution in [0.2, 0.25) is 5.02 Å². The second-order valence-electron chi connectivity index (χ2n) is 4.64. The lowest BCUT2D eigenvalue weighted by Crippen LogP contribution is -2.52. The predicted octanol–water partition coefficient (Wildman–Crippen LogP) is 3.14. The highest BCUT2D eigenvalue weighted by Crippen LogP contribution is 2.23. The summed E-state index contributed by atoms with van der Waals surface area (Å²) in [6, 6.07) is 4.29. The first-order chi connectivity index (χ1) is 8.97. The summed E-state index contributed by atoms with van der Waals surface area (Å²) in [5.74, 6) is -1.35. The molecule has 1 aliphatic heterocycles. The molecule has 6 heteroatoms. The van der Waals surface area contributed by atoms with Gasteiger partial charge in [-0.05, 0) is 24.1 Å². The van der Waals surface area contributed by atoms with Gasteiger partial charge in [-0.25, -0.2) is 13.2 Å². The molecule has 2 rings (SSSR count). The molecular weight excluding hydrogens is 279 g/mol. The normalized spacial score (nSPS) is 15.7. The zero-order valence-electron chi connectivity index (χ0n) is 10.1. The Morgan fingerprint density at radius 1 is 1.42 bits per heavy atom. The highest BCUT2D eigenvalue weighted by molar-refractivity contribution is 6.30. The summed E-state index contributed by atoms with van der Waals surface area (Å²) in [6.07, 6.45) is -1.72. The van der Waals surface area contributed by atoms with Crippen molar-refractivity contribution in [2.45, 2.75) is 19.3 Å². The Morgan fingerprint density at radius 2 is 2.11 bits per heavy atom. The number of hydrogen-bond donors (Lipinski definition) is 0. The number of carbonyl (C=O) groups is 1. The lowest BCUT2D eigenvalue weighted by molar-refractivity contribution is -0.141. The molecule has 1 amide bonds. The Kier molecular flexibility index (Phi) is 4.34. The van der Waals surface area contributed by atoms with Crippen LogP contribution in [0.15, 0.2) is 18.2 Å².